The zero-order valence-electron chi connectivity index (χ0n) is 14.7. The maximum absolute atomic E-state index is 13.3. The standard InChI is InChI=1S/C17H21F3N3O2P/c1-12(26(2,24)23-10-4-3-5-11-23)13-6-8-14(9-7-13)15-21-16(25-22-15)17(18,19)20/h6-9,12H,3-5,10-11H2,1-2H3. The summed E-state index contributed by atoms with van der Waals surface area (Å²) in [5, 5.41) is 3.38. The van der Waals surface area contributed by atoms with E-state index < -0.39 is 19.4 Å². The zero-order chi connectivity index (χ0) is 18.9. The number of hydrogen-bond donors (Lipinski definition) is 0. The minimum Gasteiger partial charge on any atom is -0.329 e. The molecule has 0 bridgehead atoms. The number of halogens is 3. The van der Waals surface area contributed by atoms with Gasteiger partial charge in [0.2, 0.25) is 5.82 Å². The predicted octanol–water partition coefficient (Wildman–Crippen LogP) is 5.21. The highest BCUT2D eigenvalue weighted by molar-refractivity contribution is 7.61. The Morgan fingerprint density at radius 1 is 1.15 bits per heavy atom. The maximum Gasteiger partial charge on any atom is 0.471 e. The summed E-state index contributed by atoms with van der Waals surface area (Å²) in [7, 11) is -2.55. The molecule has 1 aromatic heterocycles. The Morgan fingerprint density at radius 2 is 1.77 bits per heavy atom. The van der Waals surface area contributed by atoms with E-state index in [-0.39, 0.29) is 11.5 Å². The van der Waals surface area contributed by atoms with E-state index >= 15 is 0 Å². The molecule has 0 spiro atoms. The molecule has 0 amide bonds. The highest BCUT2D eigenvalue weighted by Gasteiger charge is 2.38. The van der Waals surface area contributed by atoms with Crippen molar-refractivity contribution in [3.05, 3.63) is 35.7 Å². The number of rotatable bonds is 4. The summed E-state index contributed by atoms with van der Waals surface area (Å²) >= 11 is 0. The fraction of sp³-hybridized carbons (Fsp3) is 0.529. The number of alkyl halides is 3. The van der Waals surface area contributed by atoms with Crippen LogP contribution in [0.3, 0.4) is 0 Å². The molecule has 2 aromatic rings. The van der Waals surface area contributed by atoms with Crippen molar-refractivity contribution in [1.29, 1.82) is 0 Å². The van der Waals surface area contributed by atoms with Crippen LogP contribution in [0.25, 0.3) is 11.4 Å². The Labute approximate surface area is 150 Å². The van der Waals surface area contributed by atoms with Gasteiger partial charge in [-0.15, -0.1) is 0 Å². The molecule has 2 unspecified atom stereocenters. The first-order valence-corrected chi connectivity index (χ1v) is 10.7. The van der Waals surface area contributed by atoms with Crippen molar-refractivity contribution < 1.29 is 22.3 Å². The van der Waals surface area contributed by atoms with Crippen molar-refractivity contribution >= 4 is 7.29 Å². The van der Waals surface area contributed by atoms with Gasteiger partial charge in [-0.05, 0) is 18.4 Å². The maximum atomic E-state index is 13.3. The van der Waals surface area contributed by atoms with Gasteiger partial charge < -0.3 is 9.09 Å². The van der Waals surface area contributed by atoms with Crippen LogP contribution in [0.2, 0.25) is 0 Å². The summed E-state index contributed by atoms with van der Waals surface area (Å²) in [6, 6.07) is 6.80. The van der Waals surface area contributed by atoms with Gasteiger partial charge >= 0.3 is 12.1 Å². The lowest BCUT2D eigenvalue weighted by Crippen LogP contribution is -2.28. The molecule has 0 aliphatic carbocycles. The van der Waals surface area contributed by atoms with Gasteiger partial charge in [0.15, 0.2) is 7.29 Å². The van der Waals surface area contributed by atoms with Gasteiger partial charge in [0.1, 0.15) is 0 Å². The van der Waals surface area contributed by atoms with Gasteiger partial charge in [-0.3, -0.25) is 4.67 Å². The average Bonchev–Trinajstić information content (AvgIpc) is 3.12. The van der Waals surface area contributed by atoms with Crippen LogP contribution >= 0.6 is 7.29 Å². The number of benzene rings is 1. The summed E-state index contributed by atoms with van der Waals surface area (Å²) in [4.78, 5) is 3.38. The second-order valence-corrected chi connectivity index (χ2v) is 9.90. The minimum atomic E-state index is -4.66. The first-order valence-electron chi connectivity index (χ1n) is 8.53. The Kier molecular flexibility index (Phi) is 5.26. The lowest BCUT2D eigenvalue weighted by molar-refractivity contribution is -0.159. The summed E-state index contributed by atoms with van der Waals surface area (Å²) in [6.07, 6.45) is -1.38. The van der Waals surface area contributed by atoms with Crippen LogP contribution < -0.4 is 0 Å². The summed E-state index contributed by atoms with van der Waals surface area (Å²) < 4.78 is 57.3. The third kappa shape index (κ3) is 3.86. The lowest BCUT2D eigenvalue weighted by Gasteiger charge is -2.36. The van der Waals surface area contributed by atoms with Crippen molar-refractivity contribution in [1.82, 2.24) is 14.8 Å². The predicted molar refractivity (Wildman–Crippen MR) is 92.1 cm³/mol. The quantitative estimate of drug-likeness (QED) is 0.674. The molecule has 0 N–H and O–H groups in total. The third-order valence-corrected chi connectivity index (χ3v) is 8.19. The van der Waals surface area contributed by atoms with Crippen molar-refractivity contribution in [2.24, 2.45) is 0 Å². The van der Waals surface area contributed by atoms with E-state index in [1.54, 1.807) is 24.3 Å². The van der Waals surface area contributed by atoms with Crippen LogP contribution in [-0.2, 0) is 10.7 Å². The molecule has 3 rings (SSSR count). The van der Waals surface area contributed by atoms with Gasteiger partial charge in [0, 0.05) is 31.0 Å². The molecule has 1 fully saturated rings. The first-order chi connectivity index (χ1) is 12.2. The van der Waals surface area contributed by atoms with E-state index in [0.717, 1.165) is 31.5 Å². The van der Waals surface area contributed by atoms with Gasteiger partial charge in [-0.1, -0.05) is 42.8 Å². The van der Waals surface area contributed by atoms with Crippen molar-refractivity contribution in [3.63, 3.8) is 0 Å². The van der Waals surface area contributed by atoms with Crippen LogP contribution in [0.1, 0.15) is 43.3 Å². The van der Waals surface area contributed by atoms with E-state index in [0.29, 0.717) is 5.56 Å². The first kappa shape index (κ1) is 19.1. The molecular formula is C17H21F3N3O2P. The Morgan fingerprint density at radius 3 is 2.31 bits per heavy atom. The summed E-state index contributed by atoms with van der Waals surface area (Å²) in [6.45, 7) is 5.44. The molecule has 0 saturated carbocycles. The number of nitrogens with zero attached hydrogens (tertiary/aromatic N) is 3. The SMILES string of the molecule is CC(c1ccc(-c2noc(C(F)(F)F)n2)cc1)P(C)(=O)N1CCCCC1. The number of piperidine rings is 1. The molecule has 1 saturated heterocycles. The van der Waals surface area contributed by atoms with Crippen LogP contribution in [0.5, 0.6) is 0 Å². The van der Waals surface area contributed by atoms with Crippen LogP contribution in [0, 0.1) is 0 Å². The second-order valence-electron chi connectivity index (χ2n) is 6.68. The van der Waals surface area contributed by atoms with E-state index in [1.807, 2.05) is 13.6 Å². The lowest BCUT2D eigenvalue weighted by atomic mass is 10.1. The molecule has 5 nitrogen and oxygen atoms in total. The summed E-state index contributed by atoms with van der Waals surface area (Å²) in [5.74, 6) is -1.49. The molecule has 26 heavy (non-hydrogen) atoms. The molecular weight excluding hydrogens is 366 g/mol. The Balaban J connectivity index is 1.78. The molecule has 1 aromatic carbocycles. The molecule has 0 radical (unpaired) electrons. The average molecular weight is 387 g/mol. The minimum absolute atomic E-state index is 0.118. The fourth-order valence-electron chi connectivity index (χ4n) is 3.16. The normalized spacial score (nSPS) is 19.9. The van der Waals surface area contributed by atoms with Gasteiger partial charge in [-0.25, -0.2) is 0 Å². The van der Waals surface area contributed by atoms with E-state index in [1.165, 1.54) is 6.42 Å². The van der Waals surface area contributed by atoms with E-state index in [4.69, 9.17) is 0 Å². The molecule has 2 atom stereocenters. The number of hydrogen-bond acceptors (Lipinski definition) is 4. The second kappa shape index (κ2) is 7.16. The highest BCUT2D eigenvalue weighted by Crippen LogP contribution is 2.59. The van der Waals surface area contributed by atoms with Crippen molar-refractivity contribution in [2.45, 2.75) is 38.0 Å². The fourth-order valence-corrected chi connectivity index (χ4v) is 5.45. The Bertz CT molecular complexity index is 798. The van der Waals surface area contributed by atoms with Gasteiger partial charge in [0.25, 0.3) is 0 Å². The van der Waals surface area contributed by atoms with Gasteiger partial charge in [-0.2, -0.15) is 18.2 Å². The largest absolute Gasteiger partial charge is 0.471 e. The molecule has 1 aliphatic rings. The monoisotopic (exact) mass is 387 g/mol. The van der Waals surface area contributed by atoms with Crippen LogP contribution in [0.15, 0.2) is 28.8 Å². The number of aromatic nitrogens is 2. The summed E-state index contributed by atoms with van der Waals surface area (Å²) in [5.41, 5.74) is 1.14. The third-order valence-electron chi connectivity index (χ3n) is 4.93. The van der Waals surface area contributed by atoms with E-state index in [9.17, 15) is 17.7 Å². The van der Waals surface area contributed by atoms with Crippen molar-refractivity contribution in [3.8, 4) is 11.4 Å². The smallest absolute Gasteiger partial charge is 0.329 e. The highest BCUT2D eigenvalue weighted by atomic mass is 31.2. The van der Waals surface area contributed by atoms with Crippen molar-refractivity contribution in [2.75, 3.05) is 19.8 Å². The van der Waals surface area contributed by atoms with Crippen LogP contribution in [-0.4, -0.2) is 34.6 Å². The molecule has 2 heterocycles. The van der Waals surface area contributed by atoms with E-state index in [2.05, 4.69) is 19.3 Å². The molecule has 9 heteroatoms. The zero-order valence-corrected chi connectivity index (χ0v) is 15.6. The topological polar surface area (TPSA) is 59.2 Å². The Hall–Kier alpha value is -1.66. The molecule has 1 aliphatic heterocycles. The molecule has 142 valence electrons. The van der Waals surface area contributed by atoms with Gasteiger partial charge in [0.05, 0.1) is 0 Å². The van der Waals surface area contributed by atoms with Crippen LogP contribution in [0.4, 0.5) is 13.2 Å².